The third kappa shape index (κ3) is 84.3. The van der Waals surface area contributed by atoms with Gasteiger partial charge in [0, 0.05) is 12.8 Å². The van der Waals surface area contributed by atoms with Gasteiger partial charge in [-0.3, -0.25) is 9.59 Å². The molecule has 0 saturated carbocycles. The molecule has 0 heterocycles. The van der Waals surface area contributed by atoms with Crippen LogP contribution >= 0.6 is 0 Å². The van der Waals surface area contributed by atoms with Crippen LogP contribution in [-0.2, 0) is 33.3 Å². The van der Waals surface area contributed by atoms with Crippen molar-refractivity contribution >= 4 is 17.9 Å². The normalized spacial score (nSPS) is 13.4. The summed E-state index contributed by atoms with van der Waals surface area (Å²) in [4.78, 5) is 37.8. The Kier molecular flexibility index (Phi) is 78.9. The average Bonchev–Trinajstić information content (AvgIpc) is 0.985. The van der Waals surface area contributed by atoms with Gasteiger partial charge in [0.15, 0.2) is 6.10 Å². The van der Waals surface area contributed by atoms with E-state index in [-0.39, 0.29) is 32.2 Å². The maximum Gasteiger partial charge on any atom is 0.361 e. The third-order valence-corrected chi connectivity index (χ3v) is 18.6. The highest BCUT2D eigenvalue weighted by molar-refractivity contribution is 5.71. The number of hydrogen-bond acceptors (Lipinski definition) is 7. The van der Waals surface area contributed by atoms with E-state index >= 15 is 0 Å². The van der Waals surface area contributed by atoms with Crippen molar-refractivity contribution in [3.63, 3.8) is 0 Å². The molecule has 590 valence electrons. The van der Waals surface area contributed by atoms with E-state index in [1.54, 1.807) is 0 Å². The maximum atomic E-state index is 13.0. The van der Waals surface area contributed by atoms with Gasteiger partial charge < -0.3 is 28.5 Å². The number of carboxylic acid groups (broad SMARTS) is 1. The zero-order valence-electron chi connectivity index (χ0n) is 67.7. The molecule has 0 aromatic rings. The summed E-state index contributed by atoms with van der Waals surface area (Å²) in [7, 11) is 5.98. The van der Waals surface area contributed by atoms with E-state index in [0.29, 0.717) is 23.9 Å². The van der Waals surface area contributed by atoms with Gasteiger partial charge in [-0.05, 0) is 122 Å². The van der Waals surface area contributed by atoms with E-state index in [9.17, 15) is 19.5 Å². The molecule has 0 radical (unpaired) electrons. The van der Waals surface area contributed by atoms with Gasteiger partial charge in [0.05, 0.1) is 34.4 Å². The average molecular weight is 1430 g/mol. The largest absolute Gasteiger partial charge is 0.477 e. The number of ether oxygens (including phenoxy) is 4. The van der Waals surface area contributed by atoms with Crippen molar-refractivity contribution in [2.24, 2.45) is 0 Å². The number of carbonyl (C=O) groups excluding carboxylic acids is 2. The van der Waals surface area contributed by atoms with Crippen molar-refractivity contribution < 1.29 is 42.9 Å². The van der Waals surface area contributed by atoms with Gasteiger partial charge in [0.25, 0.3) is 6.29 Å². The first-order chi connectivity index (χ1) is 50.6. The molecule has 9 nitrogen and oxygen atoms in total. The van der Waals surface area contributed by atoms with Crippen LogP contribution in [0.25, 0.3) is 0 Å². The zero-order valence-corrected chi connectivity index (χ0v) is 67.7. The molecule has 0 bridgehead atoms. The lowest BCUT2D eigenvalue weighted by Gasteiger charge is -2.25. The summed E-state index contributed by atoms with van der Waals surface area (Å²) in [6.45, 7) is 4.77. The Bertz CT molecular complexity index is 2220. The fraction of sp³-hybridized carbons (Fsp3) is 0.713. The Morgan fingerprint density at radius 3 is 0.835 bits per heavy atom. The van der Waals surface area contributed by atoms with E-state index in [1.807, 2.05) is 21.1 Å². The molecule has 0 aromatic carbocycles. The molecule has 0 amide bonds. The molecule has 103 heavy (non-hydrogen) atoms. The number of esters is 2. The molecule has 0 saturated heterocycles. The molecule has 2 unspecified atom stereocenters. The van der Waals surface area contributed by atoms with E-state index < -0.39 is 24.3 Å². The predicted molar refractivity (Wildman–Crippen MR) is 447 cm³/mol. The van der Waals surface area contributed by atoms with Crippen molar-refractivity contribution in [3.8, 4) is 0 Å². The molecule has 9 heteroatoms. The lowest BCUT2D eigenvalue weighted by Crippen LogP contribution is -2.40. The van der Waals surface area contributed by atoms with Gasteiger partial charge in [-0.1, -0.05) is 384 Å². The smallest absolute Gasteiger partial charge is 0.361 e. The number of carboxylic acids is 1. The minimum absolute atomic E-state index is 0.178. The molecule has 0 aromatic heterocycles. The van der Waals surface area contributed by atoms with E-state index in [4.69, 9.17) is 18.9 Å². The van der Waals surface area contributed by atoms with Crippen LogP contribution in [-0.4, -0.2) is 87.4 Å². The first kappa shape index (κ1) is 98.2. The van der Waals surface area contributed by atoms with Crippen molar-refractivity contribution in [2.75, 3.05) is 47.5 Å². The quantitative estimate of drug-likeness (QED) is 0.0211. The minimum Gasteiger partial charge on any atom is -0.477 e. The standard InChI is InChI=1S/C94H161NO8/c1-6-8-10-12-14-16-18-20-22-24-26-28-30-32-34-36-38-40-42-44-46-48-50-52-54-56-58-60-62-64-66-68-70-72-74-76-78-80-82-84-91(96)101-88-90(89-102-94(93(98)99)100-87-86-95(3,4)5)103-92(97)85-83-81-79-77-75-73-71-69-67-65-63-61-59-57-55-53-51-49-47-45-43-41-39-37-35-33-31-29-27-25-23-21-19-17-15-13-11-9-7-2/h9,11,15,17,21,23-24,26-27,29,33,35,39,41,45,47,51,53,57,59,63,65,69,71,90,94H,6-8,10,12-14,16,18-20,22,25,28,30-32,34,36-38,40,42-44,46,48-50,52,54-56,58,60-62,64,66-68,70,72-89H2,1-5H3/p+1/b11-9-,17-15-,23-21-,26-24-,29-27-,35-33-,41-39-,47-45-,53-51-,59-57-,65-63-,71-69-. The number of carbonyl (C=O) groups is 3. The lowest BCUT2D eigenvalue weighted by atomic mass is 10.0. The Balaban J connectivity index is 4.06. The summed E-state index contributed by atoms with van der Waals surface area (Å²) in [6, 6.07) is 0. The fourth-order valence-corrected chi connectivity index (χ4v) is 12.1. The highest BCUT2D eigenvalue weighted by Gasteiger charge is 2.25. The van der Waals surface area contributed by atoms with Gasteiger partial charge in [-0.2, -0.15) is 0 Å². The van der Waals surface area contributed by atoms with Gasteiger partial charge in [0.2, 0.25) is 0 Å². The van der Waals surface area contributed by atoms with Crippen LogP contribution in [0.2, 0.25) is 0 Å². The number of allylic oxidation sites excluding steroid dienone is 24. The van der Waals surface area contributed by atoms with Gasteiger partial charge in [-0.15, -0.1) is 0 Å². The Morgan fingerprint density at radius 1 is 0.301 bits per heavy atom. The summed E-state index contributed by atoms with van der Waals surface area (Å²) < 4.78 is 23.0. The minimum atomic E-state index is -1.53. The molecule has 0 aliphatic rings. The van der Waals surface area contributed by atoms with E-state index in [2.05, 4.69) is 160 Å². The van der Waals surface area contributed by atoms with Gasteiger partial charge in [-0.25, -0.2) is 4.79 Å². The second kappa shape index (κ2) is 82.8. The Hall–Kier alpha value is -4.83. The van der Waals surface area contributed by atoms with Crippen molar-refractivity contribution in [3.05, 3.63) is 146 Å². The van der Waals surface area contributed by atoms with Crippen LogP contribution in [0, 0.1) is 0 Å². The van der Waals surface area contributed by atoms with Crippen LogP contribution in [0.4, 0.5) is 0 Å². The van der Waals surface area contributed by atoms with Crippen LogP contribution in [0.3, 0.4) is 0 Å². The lowest BCUT2D eigenvalue weighted by molar-refractivity contribution is -0.870. The SMILES string of the molecule is CC/C=C\C/C=C\C/C=C\C/C=C\C/C=C\C/C=C\C/C=C\C/C=C\C/C=C\C/C=C\C/C=C\CCCCCCCC(=O)OC(COC(=O)CCCCCCCCCCCCCCCCCCCCCCCCCCCCC/C=C\CCCCCCCCCC)COC(OCC[N+](C)(C)C)C(=O)O. The van der Waals surface area contributed by atoms with E-state index in [1.165, 1.54) is 218 Å². The molecular formula is C94H162NO8+. The molecule has 0 rings (SSSR count). The monoisotopic (exact) mass is 1430 g/mol. The molecule has 0 aliphatic carbocycles. The maximum absolute atomic E-state index is 13.0. The number of unbranched alkanes of at least 4 members (excludes halogenated alkanes) is 40. The molecule has 2 atom stereocenters. The van der Waals surface area contributed by atoms with Crippen molar-refractivity contribution in [1.82, 2.24) is 0 Å². The first-order valence-corrected chi connectivity index (χ1v) is 43.0. The van der Waals surface area contributed by atoms with Crippen molar-refractivity contribution in [2.45, 2.75) is 386 Å². The highest BCUT2D eigenvalue weighted by atomic mass is 16.7. The summed E-state index contributed by atoms with van der Waals surface area (Å²) in [5.41, 5.74) is 0. The Morgan fingerprint density at radius 2 is 0.553 bits per heavy atom. The first-order valence-electron chi connectivity index (χ1n) is 43.0. The fourth-order valence-electron chi connectivity index (χ4n) is 12.1. The summed E-state index contributed by atoms with van der Waals surface area (Å²) in [6.07, 6.45) is 119. The number of aliphatic carboxylic acids is 1. The molecule has 0 spiro atoms. The van der Waals surface area contributed by atoms with Gasteiger partial charge in [0.1, 0.15) is 13.2 Å². The molecular weight excluding hydrogens is 1270 g/mol. The Labute approximate surface area is 636 Å². The molecule has 1 N–H and O–H groups in total. The number of likely N-dealkylation sites (N-methyl/N-ethyl adjacent to an activating group) is 1. The second-order valence-corrected chi connectivity index (χ2v) is 29.8. The molecule has 0 fully saturated rings. The number of hydrogen-bond donors (Lipinski definition) is 1. The van der Waals surface area contributed by atoms with Crippen LogP contribution in [0.5, 0.6) is 0 Å². The third-order valence-electron chi connectivity index (χ3n) is 18.6. The van der Waals surface area contributed by atoms with Crippen molar-refractivity contribution in [1.29, 1.82) is 0 Å². The predicted octanol–water partition coefficient (Wildman–Crippen LogP) is 28.2. The topological polar surface area (TPSA) is 108 Å². The second-order valence-electron chi connectivity index (χ2n) is 29.8. The highest BCUT2D eigenvalue weighted by Crippen LogP contribution is 2.19. The number of nitrogens with zero attached hydrogens (tertiary/aromatic N) is 1. The number of rotatable bonds is 79. The summed E-state index contributed by atoms with van der Waals surface area (Å²) in [5.74, 6) is -2.03. The summed E-state index contributed by atoms with van der Waals surface area (Å²) in [5, 5.41) is 9.78. The van der Waals surface area contributed by atoms with Crippen LogP contribution in [0.1, 0.15) is 373 Å². The van der Waals surface area contributed by atoms with E-state index in [0.717, 1.165) is 122 Å². The van der Waals surface area contributed by atoms with Gasteiger partial charge >= 0.3 is 17.9 Å². The van der Waals surface area contributed by atoms with Crippen LogP contribution in [0.15, 0.2) is 146 Å². The summed E-state index contributed by atoms with van der Waals surface area (Å²) >= 11 is 0. The molecule has 0 aliphatic heterocycles. The van der Waals surface area contributed by atoms with Crippen LogP contribution < -0.4 is 0 Å². The zero-order chi connectivity index (χ0) is 74.6. The number of quaternary nitrogens is 1.